The molecule has 0 aliphatic rings. The van der Waals surface area contributed by atoms with Crippen LogP contribution >= 0.6 is 12.4 Å². The van der Waals surface area contributed by atoms with Gasteiger partial charge in [0.05, 0.1) is 6.61 Å². The Morgan fingerprint density at radius 3 is 1.07 bits per heavy atom. The van der Waals surface area contributed by atoms with E-state index in [1.165, 1.54) is 34.6 Å². The van der Waals surface area contributed by atoms with Gasteiger partial charge in [-0.15, -0.1) is 12.4 Å². The maximum atomic E-state index is 9.82. The summed E-state index contributed by atoms with van der Waals surface area (Å²) >= 11 is 0. The van der Waals surface area contributed by atoms with Crippen LogP contribution in [-0.4, -0.2) is 24.1 Å². The Kier molecular flexibility index (Phi) is 29.7. The Morgan fingerprint density at radius 2 is 1.07 bits per heavy atom. The minimum absolute atomic E-state index is 0. The molecule has 0 aliphatic carbocycles. The lowest BCUT2D eigenvalue weighted by Crippen LogP contribution is -1.95. The van der Waals surface area contributed by atoms with Crippen molar-refractivity contribution in [3.63, 3.8) is 0 Å². The Bertz CT molecular complexity index is 158. The lowest BCUT2D eigenvalue weighted by atomic mass is 10.6. The zero-order chi connectivity index (χ0) is 12.1. The standard InChI is InChI=1S/C4H8O2.2C3H6O.ClH/c1-3-6-4(2)5;2*1-3(2)4;/h3H2,1-2H3;2*1-2H3;1H. The van der Waals surface area contributed by atoms with Crippen molar-refractivity contribution in [2.24, 2.45) is 0 Å². The molecular weight excluding hydrogens is 220 g/mol. The van der Waals surface area contributed by atoms with Crippen molar-refractivity contribution in [2.45, 2.75) is 41.5 Å². The van der Waals surface area contributed by atoms with Crippen LogP contribution in [0.3, 0.4) is 0 Å². The van der Waals surface area contributed by atoms with Crippen molar-refractivity contribution in [1.29, 1.82) is 0 Å². The quantitative estimate of drug-likeness (QED) is 0.659. The molecule has 0 saturated carbocycles. The van der Waals surface area contributed by atoms with E-state index in [9.17, 15) is 14.4 Å². The number of halogens is 1. The van der Waals surface area contributed by atoms with Crippen LogP contribution in [0, 0.1) is 0 Å². The molecule has 0 atom stereocenters. The van der Waals surface area contributed by atoms with Gasteiger partial charge in [-0.1, -0.05) is 0 Å². The van der Waals surface area contributed by atoms with E-state index in [2.05, 4.69) is 4.74 Å². The van der Waals surface area contributed by atoms with E-state index in [0.29, 0.717) is 6.61 Å². The summed E-state index contributed by atoms with van der Waals surface area (Å²) in [7, 11) is 0. The van der Waals surface area contributed by atoms with Crippen LogP contribution in [0.2, 0.25) is 0 Å². The van der Waals surface area contributed by atoms with Crippen LogP contribution in [-0.2, 0) is 19.1 Å². The van der Waals surface area contributed by atoms with Gasteiger partial charge in [0.1, 0.15) is 11.6 Å². The Balaban J connectivity index is -0.0000000606. The van der Waals surface area contributed by atoms with Gasteiger partial charge < -0.3 is 14.3 Å². The van der Waals surface area contributed by atoms with Crippen molar-refractivity contribution in [1.82, 2.24) is 0 Å². The van der Waals surface area contributed by atoms with Gasteiger partial charge in [0, 0.05) is 6.92 Å². The number of ether oxygens (including phenoxy) is 1. The summed E-state index contributed by atoms with van der Waals surface area (Å²) in [5.41, 5.74) is 0. The van der Waals surface area contributed by atoms with Crippen LogP contribution in [0.5, 0.6) is 0 Å². The molecule has 92 valence electrons. The molecule has 5 heteroatoms. The molecule has 15 heavy (non-hydrogen) atoms. The summed E-state index contributed by atoms with van der Waals surface area (Å²) in [4.78, 5) is 28.7. The molecule has 0 rings (SSSR count). The average molecular weight is 241 g/mol. The van der Waals surface area contributed by atoms with E-state index >= 15 is 0 Å². The highest BCUT2D eigenvalue weighted by molar-refractivity contribution is 5.85. The molecule has 0 amide bonds. The smallest absolute Gasteiger partial charge is 0.302 e. The number of ketones is 2. The monoisotopic (exact) mass is 240 g/mol. The van der Waals surface area contributed by atoms with Crippen molar-refractivity contribution < 1.29 is 19.1 Å². The molecule has 0 heterocycles. The van der Waals surface area contributed by atoms with E-state index in [-0.39, 0.29) is 29.9 Å². The van der Waals surface area contributed by atoms with Gasteiger partial charge in [-0.25, -0.2) is 0 Å². The first kappa shape index (κ1) is 23.7. The normalized spacial score (nSPS) is 6.53. The zero-order valence-corrected chi connectivity index (χ0v) is 11.1. The molecule has 4 nitrogen and oxygen atoms in total. The van der Waals surface area contributed by atoms with Crippen molar-refractivity contribution in [3.8, 4) is 0 Å². The third-order valence-electron chi connectivity index (χ3n) is 0.348. The predicted octanol–water partition coefficient (Wildman–Crippen LogP) is 2.18. The second-order valence-electron chi connectivity index (χ2n) is 2.74. The van der Waals surface area contributed by atoms with Gasteiger partial charge >= 0.3 is 5.97 Å². The van der Waals surface area contributed by atoms with Gasteiger partial charge in [-0.2, -0.15) is 0 Å². The maximum Gasteiger partial charge on any atom is 0.302 e. The molecular formula is C10H21ClO4. The summed E-state index contributed by atoms with van der Waals surface area (Å²) in [6.45, 7) is 9.76. The summed E-state index contributed by atoms with van der Waals surface area (Å²) in [5.74, 6) is 0.123. The minimum atomic E-state index is -0.211. The summed E-state index contributed by atoms with van der Waals surface area (Å²) < 4.78 is 4.40. The number of hydrogen-bond acceptors (Lipinski definition) is 4. The molecule has 0 bridgehead atoms. The Morgan fingerprint density at radius 1 is 0.867 bits per heavy atom. The second-order valence-corrected chi connectivity index (χ2v) is 2.74. The van der Waals surface area contributed by atoms with Crippen molar-refractivity contribution >= 4 is 29.9 Å². The SMILES string of the molecule is CC(C)=O.CC(C)=O.CCOC(C)=O.Cl. The van der Waals surface area contributed by atoms with Crippen molar-refractivity contribution in [2.75, 3.05) is 6.61 Å². The number of esters is 1. The molecule has 0 fully saturated rings. The lowest BCUT2D eigenvalue weighted by Gasteiger charge is -1.89. The third-order valence-corrected chi connectivity index (χ3v) is 0.348. The first-order valence-electron chi connectivity index (χ1n) is 4.31. The number of carbonyl (C=O) groups excluding carboxylic acids is 3. The number of rotatable bonds is 1. The van der Waals surface area contributed by atoms with Crippen LogP contribution < -0.4 is 0 Å². The number of carbonyl (C=O) groups is 3. The average Bonchev–Trinajstić information content (AvgIpc) is 1.82. The highest BCUT2D eigenvalue weighted by Crippen LogP contribution is 1.69. The highest BCUT2D eigenvalue weighted by Gasteiger charge is 1.81. The summed E-state index contributed by atoms with van der Waals surface area (Å²) in [6, 6.07) is 0. The van der Waals surface area contributed by atoms with Crippen molar-refractivity contribution in [3.05, 3.63) is 0 Å². The second kappa shape index (κ2) is 18.8. The molecule has 0 saturated heterocycles. The van der Waals surface area contributed by atoms with Gasteiger partial charge in [0.15, 0.2) is 0 Å². The third kappa shape index (κ3) is 366. The summed E-state index contributed by atoms with van der Waals surface area (Å²) in [5, 5.41) is 0. The van der Waals surface area contributed by atoms with Gasteiger partial charge in [0.2, 0.25) is 0 Å². The van der Waals surface area contributed by atoms with Gasteiger partial charge in [-0.3, -0.25) is 4.79 Å². The van der Waals surface area contributed by atoms with Gasteiger partial charge in [0.25, 0.3) is 0 Å². The van der Waals surface area contributed by atoms with E-state index in [0.717, 1.165) is 0 Å². The molecule has 0 aliphatic heterocycles. The molecule has 0 aromatic rings. The fraction of sp³-hybridized carbons (Fsp3) is 0.700. The van der Waals surface area contributed by atoms with Crippen LogP contribution in [0.25, 0.3) is 0 Å². The molecule has 0 aromatic heterocycles. The topological polar surface area (TPSA) is 60.4 Å². The van der Waals surface area contributed by atoms with E-state index in [1.54, 1.807) is 6.92 Å². The Labute approximate surface area is 97.8 Å². The maximum absolute atomic E-state index is 9.82. The van der Waals surface area contributed by atoms with Gasteiger partial charge in [-0.05, 0) is 34.6 Å². The highest BCUT2D eigenvalue weighted by atomic mass is 35.5. The van der Waals surface area contributed by atoms with Crippen LogP contribution in [0.1, 0.15) is 41.5 Å². The van der Waals surface area contributed by atoms with E-state index in [1.807, 2.05) is 0 Å². The van der Waals surface area contributed by atoms with E-state index < -0.39 is 0 Å². The number of Topliss-reactive ketones (excluding diaryl/α,β-unsaturated/α-hetero) is 2. The molecule has 0 spiro atoms. The van der Waals surface area contributed by atoms with Crippen LogP contribution in [0.4, 0.5) is 0 Å². The fourth-order valence-electron chi connectivity index (χ4n) is 0.203. The first-order chi connectivity index (χ1) is 6.23. The predicted molar refractivity (Wildman–Crippen MR) is 62.3 cm³/mol. The first-order valence-corrected chi connectivity index (χ1v) is 4.31. The lowest BCUT2D eigenvalue weighted by molar-refractivity contribution is -0.140. The number of hydrogen-bond donors (Lipinski definition) is 0. The molecule has 0 unspecified atom stereocenters. The van der Waals surface area contributed by atoms with E-state index in [4.69, 9.17) is 0 Å². The zero-order valence-electron chi connectivity index (χ0n) is 10.2. The summed E-state index contributed by atoms with van der Waals surface area (Å²) in [6.07, 6.45) is 0. The largest absolute Gasteiger partial charge is 0.466 e. The molecule has 0 radical (unpaired) electrons. The molecule has 0 aromatic carbocycles. The Hall–Kier alpha value is -0.900. The molecule has 0 N–H and O–H groups in total. The minimum Gasteiger partial charge on any atom is -0.466 e. The fourth-order valence-corrected chi connectivity index (χ4v) is 0.203. The van der Waals surface area contributed by atoms with Crippen LogP contribution in [0.15, 0.2) is 0 Å².